The molecule has 14 nitrogen and oxygen atoms in total. The number of carbonyl (C=O) groups is 4. The fourth-order valence-corrected chi connectivity index (χ4v) is 9.77. The van der Waals surface area contributed by atoms with E-state index in [0.717, 1.165) is 12.2 Å². The van der Waals surface area contributed by atoms with Crippen molar-refractivity contribution in [1.82, 2.24) is 0 Å². The SMILES string of the molecule is CO/C(=C/C(=O)O)C1c2c(c(O)c3c(O)c(-c4ccc5c(Cl)c6c(c(O)c5c4O)C(=O)C(C)C(O)(C(C)C)C6/C(=C\C(=O)O)OC)ccc3c2Cl)C(=O)CC1(O)C(C)C. The summed E-state index contributed by atoms with van der Waals surface area (Å²) in [5.41, 5.74) is -5.21. The van der Waals surface area contributed by atoms with Gasteiger partial charge in [0, 0.05) is 34.2 Å². The number of benzene rings is 4. The normalized spacial score (nSPS) is 23.5. The van der Waals surface area contributed by atoms with Crippen LogP contribution in [-0.4, -0.2) is 89.8 Å². The van der Waals surface area contributed by atoms with Gasteiger partial charge in [-0.15, -0.1) is 0 Å². The molecule has 0 spiro atoms. The smallest absolute Gasteiger partial charge is 0.331 e. The number of aliphatic hydroxyl groups is 2. The van der Waals surface area contributed by atoms with E-state index in [1.54, 1.807) is 27.7 Å². The van der Waals surface area contributed by atoms with E-state index >= 15 is 0 Å². The first-order chi connectivity index (χ1) is 27.5. The summed E-state index contributed by atoms with van der Waals surface area (Å²) in [5, 5.41) is 89.8. The van der Waals surface area contributed by atoms with Crippen molar-refractivity contribution in [3.8, 4) is 34.1 Å². The first kappa shape index (κ1) is 43.0. The van der Waals surface area contributed by atoms with Crippen LogP contribution in [0.5, 0.6) is 23.0 Å². The molecule has 0 fully saturated rings. The maximum Gasteiger partial charge on any atom is 0.331 e. The van der Waals surface area contributed by atoms with Gasteiger partial charge in [-0.3, -0.25) is 9.59 Å². The van der Waals surface area contributed by atoms with Crippen molar-refractivity contribution >= 4 is 68.3 Å². The Labute approximate surface area is 347 Å². The summed E-state index contributed by atoms with van der Waals surface area (Å²) < 4.78 is 10.9. The second kappa shape index (κ2) is 14.9. The third kappa shape index (κ3) is 6.14. The number of carboxylic acid groups (broad SMARTS) is 2. The fourth-order valence-electron chi connectivity index (χ4n) is 9.05. The number of carboxylic acids is 2. The van der Waals surface area contributed by atoms with Gasteiger partial charge in [-0.1, -0.05) is 70.0 Å². The number of ether oxygens (including phenoxy) is 2. The lowest BCUT2D eigenvalue weighted by Gasteiger charge is -2.48. The molecule has 8 N–H and O–H groups in total. The number of phenolic OH excluding ortho intramolecular Hbond substituents is 4. The largest absolute Gasteiger partial charge is 0.507 e. The molecule has 2 aliphatic carbocycles. The Morgan fingerprint density at radius 3 is 1.54 bits per heavy atom. The van der Waals surface area contributed by atoms with Crippen LogP contribution >= 0.6 is 23.2 Å². The summed E-state index contributed by atoms with van der Waals surface area (Å²) in [6, 6.07) is 5.36. The second-order valence-corrected chi connectivity index (χ2v) is 16.3. The molecule has 0 bridgehead atoms. The van der Waals surface area contributed by atoms with E-state index in [9.17, 15) is 60.0 Å². The molecule has 0 heterocycles. The van der Waals surface area contributed by atoms with Crippen LogP contribution in [-0.2, 0) is 19.1 Å². The molecule has 4 aromatic carbocycles. The number of aliphatic carboxylic acids is 2. The van der Waals surface area contributed by atoms with E-state index in [1.165, 1.54) is 45.4 Å². The van der Waals surface area contributed by atoms with E-state index in [-0.39, 0.29) is 65.4 Å². The topological polar surface area (TPSA) is 249 Å². The van der Waals surface area contributed by atoms with Gasteiger partial charge < -0.3 is 50.3 Å². The lowest BCUT2D eigenvalue weighted by atomic mass is 9.60. The van der Waals surface area contributed by atoms with E-state index in [4.69, 9.17) is 32.7 Å². The Hall–Kier alpha value is -5.54. The zero-order valence-electron chi connectivity index (χ0n) is 32.8. The average Bonchev–Trinajstić information content (AvgIpc) is 3.15. The maximum atomic E-state index is 14.1. The Balaban J connectivity index is 1.65. The molecule has 16 heteroatoms. The van der Waals surface area contributed by atoms with E-state index in [0.29, 0.717) is 0 Å². The molecule has 6 rings (SSSR count). The Morgan fingerprint density at radius 1 is 0.712 bits per heavy atom. The highest BCUT2D eigenvalue weighted by molar-refractivity contribution is 6.39. The highest BCUT2D eigenvalue weighted by Crippen LogP contribution is 2.59. The van der Waals surface area contributed by atoms with Crippen molar-refractivity contribution in [2.24, 2.45) is 17.8 Å². The summed E-state index contributed by atoms with van der Waals surface area (Å²) in [5.74, 6) is -13.0. The third-order valence-electron chi connectivity index (χ3n) is 12.2. The highest BCUT2D eigenvalue weighted by Gasteiger charge is 2.57. The standard InChI is InChI=1S/C43H42Cl2O14/c1-15(2)42(56)14-22(46)29-30(33(42)23(58-6)12-25(47)48)35(44)20-10-8-18(38(52)27(20)40(29)54)19-9-11-21-28(39(19)53)41(55)32-31(36(21)45)34(24(59-7)13-26(49)50)43(57,16(3)4)17(5)37(32)51/h8-13,15-17,33-34,52-57H,14H2,1-7H3,(H,47,48)(H,49,50)/b23-12+,24-13+. The highest BCUT2D eigenvalue weighted by atomic mass is 35.5. The number of ketones is 2. The molecule has 59 heavy (non-hydrogen) atoms. The van der Waals surface area contributed by atoms with Gasteiger partial charge >= 0.3 is 11.9 Å². The van der Waals surface area contributed by atoms with Crippen molar-refractivity contribution in [3.63, 3.8) is 0 Å². The predicted molar refractivity (Wildman–Crippen MR) is 217 cm³/mol. The minimum Gasteiger partial charge on any atom is -0.507 e. The molecule has 0 saturated heterocycles. The number of fused-ring (bicyclic) bond motifs is 4. The summed E-state index contributed by atoms with van der Waals surface area (Å²) in [6.45, 7) is 7.92. The van der Waals surface area contributed by atoms with E-state index in [2.05, 4.69) is 0 Å². The van der Waals surface area contributed by atoms with Gasteiger partial charge in [0.25, 0.3) is 0 Å². The monoisotopic (exact) mass is 852 g/mol. The van der Waals surface area contributed by atoms with Gasteiger partial charge in [0.1, 0.15) is 34.5 Å². The fraction of sp³-hybridized carbons (Fsp3) is 0.349. The minimum absolute atomic E-state index is 0.0207. The summed E-state index contributed by atoms with van der Waals surface area (Å²) >= 11 is 14.0. The Bertz CT molecular complexity index is 2590. The number of hydrogen-bond acceptors (Lipinski definition) is 12. The second-order valence-electron chi connectivity index (χ2n) is 15.6. The Morgan fingerprint density at radius 2 is 1.14 bits per heavy atom. The maximum absolute atomic E-state index is 14.1. The molecule has 0 radical (unpaired) electrons. The molecule has 312 valence electrons. The number of methoxy groups -OCH3 is 2. The summed E-state index contributed by atoms with van der Waals surface area (Å²) in [7, 11) is 2.37. The van der Waals surface area contributed by atoms with E-state index in [1.807, 2.05) is 0 Å². The molecule has 0 amide bonds. The number of rotatable bonds is 9. The van der Waals surface area contributed by atoms with Gasteiger partial charge in [0.15, 0.2) is 11.6 Å². The van der Waals surface area contributed by atoms with Crippen molar-refractivity contribution in [2.75, 3.05) is 14.2 Å². The first-order valence-electron chi connectivity index (χ1n) is 18.4. The lowest BCUT2D eigenvalue weighted by Crippen LogP contribution is -2.54. The number of halogens is 2. The van der Waals surface area contributed by atoms with Crippen LogP contribution < -0.4 is 0 Å². The van der Waals surface area contributed by atoms with Crippen molar-refractivity contribution in [2.45, 2.75) is 64.1 Å². The van der Waals surface area contributed by atoms with Crippen LogP contribution in [0, 0.1) is 17.8 Å². The van der Waals surface area contributed by atoms with Gasteiger partial charge in [0.2, 0.25) is 0 Å². The molecule has 2 aliphatic rings. The number of hydrogen-bond donors (Lipinski definition) is 8. The number of carbonyl (C=O) groups excluding carboxylic acids is 2. The molecule has 5 unspecified atom stereocenters. The van der Waals surface area contributed by atoms with Gasteiger partial charge in [-0.25, -0.2) is 9.59 Å². The molecule has 0 saturated carbocycles. The molecular weight excluding hydrogens is 811 g/mol. The molecule has 5 atom stereocenters. The third-order valence-corrected chi connectivity index (χ3v) is 13.0. The molecule has 4 aromatic rings. The van der Waals surface area contributed by atoms with Gasteiger partial charge in [-0.2, -0.15) is 0 Å². The van der Waals surface area contributed by atoms with Crippen molar-refractivity contribution in [3.05, 3.63) is 80.2 Å². The van der Waals surface area contributed by atoms with Crippen LogP contribution in [0.15, 0.2) is 47.9 Å². The van der Waals surface area contributed by atoms with Crippen LogP contribution in [0.25, 0.3) is 32.7 Å². The van der Waals surface area contributed by atoms with Crippen LogP contribution in [0.1, 0.15) is 84.7 Å². The number of Topliss-reactive ketones (excluding diaryl/α,β-unsaturated/α-hetero) is 2. The molecule has 0 aromatic heterocycles. The quantitative estimate of drug-likeness (QED) is 0.0605. The van der Waals surface area contributed by atoms with Crippen LogP contribution in [0.3, 0.4) is 0 Å². The number of aromatic hydroxyl groups is 4. The number of phenols is 4. The Kier molecular flexibility index (Phi) is 10.9. The van der Waals surface area contributed by atoms with Crippen molar-refractivity contribution in [1.29, 1.82) is 0 Å². The van der Waals surface area contributed by atoms with Crippen molar-refractivity contribution < 1.29 is 69.5 Å². The minimum atomic E-state index is -1.96. The van der Waals surface area contributed by atoms with E-state index < -0.39 is 105 Å². The van der Waals surface area contributed by atoms with Gasteiger partial charge in [-0.05, 0) is 35.1 Å². The molecular formula is C43H42Cl2O14. The lowest BCUT2D eigenvalue weighted by molar-refractivity contribution is -0.132. The summed E-state index contributed by atoms with van der Waals surface area (Å²) in [4.78, 5) is 51.7. The zero-order valence-corrected chi connectivity index (χ0v) is 34.4. The van der Waals surface area contributed by atoms with Gasteiger partial charge in [0.05, 0.1) is 81.4 Å². The van der Waals surface area contributed by atoms with Crippen LogP contribution in [0.4, 0.5) is 0 Å². The van der Waals surface area contributed by atoms with Crippen LogP contribution in [0.2, 0.25) is 10.0 Å². The predicted octanol–water partition coefficient (Wildman–Crippen LogP) is 7.38. The zero-order chi connectivity index (χ0) is 44.0. The molecule has 0 aliphatic heterocycles. The summed E-state index contributed by atoms with van der Waals surface area (Å²) in [6.07, 6.45) is 0.865. The first-order valence-corrected chi connectivity index (χ1v) is 19.2. The average molecular weight is 854 g/mol.